The second-order valence-corrected chi connectivity index (χ2v) is 8.65. The highest BCUT2D eigenvalue weighted by atomic mass is 35.5. The topological polar surface area (TPSA) is 84.0 Å². The van der Waals surface area contributed by atoms with Gasteiger partial charge in [-0.1, -0.05) is 52.8 Å². The maximum absolute atomic E-state index is 12.1. The van der Waals surface area contributed by atoms with Gasteiger partial charge in [-0.25, -0.2) is 0 Å². The Kier molecular flexibility index (Phi) is 7.62. The number of benzene rings is 2. The summed E-state index contributed by atoms with van der Waals surface area (Å²) in [6.07, 6.45) is 0.516. The van der Waals surface area contributed by atoms with Crippen molar-refractivity contribution < 1.29 is 9.59 Å². The number of rotatable bonds is 8. The van der Waals surface area contributed by atoms with Crippen molar-refractivity contribution in [3.8, 4) is 0 Å². The Morgan fingerprint density at radius 2 is 1.86 bits per heavy atom. The number of amides is 2. The van der Waals surface area contributed by atoms with Gasteiger partial charge in [0, 0.05) is 17.9 Å². The molecule has 1 heterocycles. The average molecular weight is 447 g/mol. The van der Waals surface area contributed by atoms with E-state index in [4.69, 9.17) is 11.6 Å². The number of nitrogens with zero attached hydrogens (tertiary/aromatic N) is 2. The number of aromatic nitrogens is 2. The number of thioether (sulfide) groups is 1. The van der Waals surface area contributed by atoms with E-state index >= 15 is 0 Å². The monoisotopic (exact) mass is 446 g/mol. The van der Waals surface area contributed by atoms with Gasteiger partial charge in [-0.15, -0.1) is 22.0 Å². The summed E-state index contributed by atoms with van der Waals surface area (Å²) in [7, 11) is 0. The SMILES string of the molecule is Cc1ccc(SCC(=O)Nc2nnc(CCNC(=O)c3ccccc3Cl)s2)cc1. The van der Waals surface area contributed by atoms with Gasteiger partial charge in [-0.05, 0) is 31.2 Å². The molecular weight excluding hydrogens is 428 g/mol. The van der Waals surface area contributed by atoms with Crippen molar-refractivity contribution in [2.45, 2.75) is 18.2 Å². The summed E-state index contributed by atoms with van der Waals surface area (Å²) in [5.41, 5.74) is 1.62. The Morgan fingerprint density at radius 3 is 2.62 bits per heavy atom. The smallest absolute Gasteiger partial charge is 0.252 e. The largest absolute Gasteiger partial charge is 0.352 e. The molecule has 0 aliphatic carbocycles. The number of hydrogen-bond acceptors (Lipinski definition) is 6. The predicted molar refractivity (Wildman–Crippen MR) is 118 cm³/mol. The highest BCUT2D eigenvalue weighted by molar-refractivity contribution is 8.00. The Hall–Kier alpha value is -2.42. The Balaban J connectivity index is 1.42. The lowest BCUT2D eigenvalue weighted by Gasteiger charge is -2.05. The molecule has 2 amide bonds. The minimum atomic E-state index is -0.234. The fourth-order valence-corrected chi connectivity index (χ4v) is 4.04. The lowest BCUT2D eigenvalue weighted by molar-refractivity contribution is -0.113. The Morgan fingerprint density at radius 1 is 1.10 bits per heavy atom. The zero-order valence-corrected chi connectivity index (χ0v) is 18.0. The minimum absolute atomic E-state index is 0.134. The molecule has 0 radical (unpaired) electrons. The van der Waals surface area contributed by atoms with Crippen LogP contribution in [0.15, 0.2) is 53.4 Å². The number of halogens is 1. The summed E-state index contributed by atoms with van der Waals surface area (Å²) in [4.78, 5) is 25.3. The van der Waals surface area contributed by atoms with Gasteiger partial charge < -0.3 is 5.32 Å². The first-order chi connectivity index (χ1) is 14.0. The van der Waals surface area contributed by atoms with Crippen molar-refractivity contribution in [3.05, 3.63) is 69.7 Å². The maximum Gasteiger partial charge on any atom is 0.252 e. The van der Waals surface area contributed by atoms with Gasteiger partial charge >= 0.3 is 0 Å². The van der Waals surface area contributed by atoms with Crippen LogP contribution < -0.4 is 10.6 Å². The van der Waals surface area contributed by atoms with E-state index in [1.54, 1.807) is 24.3 Å². The fraction of sp³-hybridized carbons (Fsp3) is 0.200. The van der Waals surface area contributed by atoms with Crippen LogP contribution in [0.5, 0.6) is 0 Å². The number of carbonyl (C=O) groups is 2. The predicted octanol–water partition coefficient (Wildman–Crippen LogP) is 4.20. The highest BCUT2D eigenvalue weighted by Gasteiger charge is 2.11. The zero-order chi connectivity index (χ0) is 20.6. The molecule has 29 heavy (non-hydrogen) atoms. The molecule has 6 nitrogen and oxygen atoms in total. The second kappa shape index (κ2) is 10.4. The molecule has 9 heteroatoms. The van der Waals surface area contributed by atoms with Crippen molar-refractivity contribution in [2.75, 3.05) is 17.6 Å². The first kappa shape index (κ1) is 21.3. The molecule has 2 aromatic carbocycles. The first-order valence-electron chi connectivity index (χ1n) is 8.85. The van der Waals surface area contributed by atoms with E-state index in [1.807, 2.05) is 31.2 Å². The molecule has 0 fully saturated rings. The summed E-state index contributed by atoms with van der Waals surface area (Å²) >= 11 is 8.78. The normalized spacial score (nSPS) is 10.6. The molecule has 0 atom stereocenters. The number of hydrogen-bond donors (Lipinski definition) is 2. The molecule has 150 valence electrons. The second-order valence-electron chi connectivity index (χ2n) is 6.14. The molecule has 2 N–H and O–H groups in total. The molecule has 0 saturated heterocycles. The highest BCUT2D eigenvalue weighted by Crippen LogP contribution is 2.20. The third-order valence-electron chi connectivity index (χ3n) is 3.85. The van der Waals surface area contributed by atoms with E-state index < -0.39 is 0 Å². The number of anilines is 1. The van der Waals surface area contributed by atoms with Gasteiger partial charge in [-0.2, -0.15) is 0 Å². The molecule has 0 unspecified atom stereocenters. The average Bonchev–Trinajstić information content (AvgIpc) is 3.15. The summed E-state index contributed by atoms with van der Waals surface area (Å²) in [6.45, 7) is 2.42. The third-order valence-corrected chi connectivity index (χ3v) is 6.09. The van der Waals surface area contributed by atoms with E-state index in [0.29, 0.717) is 34.4 Å². The molecule has 3 rings (SSSR count). The maximum atomic E-state index is 12.1. The van der Waals surface area contributed by atoms with Gasteiger partial charge in [0.25, 0.3) is 5.91 Å². The molecule has 0 bridgehead atoms. The number of nitrogens with one attached hydrogen (secondary N) is 2. The Bertz CT molecular complexity index is 992. The molecular formula is C20H19ClN4O2S2. The van der Waals surface area contributed by atoms with Crippen molar-refractivity contribution in [3.63, 3.8) is 0 Å². The molecule has 1 aromatic heterocycles. The van der Waals surface area contributed by atoms with Crippen LogP contribution in [0.1, 0.15) is 20.9 Å². The van der Waals surface area contributed by atoms with Crippen molar-refractivity contribution >= 4 is 51.6 Å². The van der Waals surface area contributed by atoms with E-state index in [9.17, 15) is 9.59 Å². The van der Waals surface area contributed by atoms with Crippen LogP contribution in [-0.2, 0) is 11.2 Å². The first-order valence-corrected chi connectivity index (χ1v) is 11.0. The van der Waals surface area contributed by atoms with E-state index in [2.05, 4.69) is 20.8 Å². The van der Waals surface area contributed by atoms with Gasteiger partial charge in [-0.3, -0.25) is 14.9 Å². The minimum Gasteiger partial charge on any atom is -0.352 e. The van der Waals surface area contributed by atoms with E-state index in [1.165, 1.54) is 28.7 Å². The van der Waals surface area contributed by atoms with Gasteiger partial charge in [0.1, 0.15) is 5.01 Å². The number of carbonyl (C=O) groups excluding carboxylic acids is 2. The van der Waals surface area contributed by atoms with Gasteiger partial charge in [0.15, 0.2) is 0 Å². The van der Waals surface area contributed by atoms with Crippen LogP contribution in [0.2, 0.25) is 5.02 Å². The van der Waals surface area contributed by atoms with E-state index in [0.717, 1.165) is 9.90 Å². The summed E-state index contributed by atoms with van der Waals surface area (Å²) in [5.74, 6) is -0.0710. The van der Waals surface area contributed by atoms with Crippen LogP contribution >= 0.6 is 34.7 Å². The van der Waals surface area contributed by atoms with Crippen LogP contribution in [0.3, 0.4) is 0 Å². The number of aryl methyl sites for hydroxylation is 1. The quantitative estimate of drug-likeness (QED) is 0.506. The molecule has 3 aromatic rings. The Labute approximate surface area is 182 Å². The van der Waals surface area contributed by atoms with E-state index in [-0.39, 0.29) is 11.8 Å². The molecule has 0 saturated carbocycles. The fourth-order valence-electron chi connectivity index (χ4n) is 2.37. The molecule has 0 spiro atoms. The van der Waals surface area contributed by atoms with Crippen molar-refractivity contribution in [1.82, 2.24) is 15.5 Å². The van der Waals surface area contributed by atoms with Crippen molar-refractivity contribution in [1.29, 1.82) is 0 Å². The van der Waals surface area contributed by atoms with Gasteiger partial charge in [0.2, 0.25) is 11.0 Å². The molecule has 0 aliphatic rings. The van der Waals surface area contributed by atoms with Gasteiger partial charge in [0.05, 0.1) is 16.3 Å². The standard InChI is InChI=1S/C20H19ClN4O2S2/c1-13-6-8-14(9-7-13)28-12-17(26)23-20-25-24-18(29-20)10-11-22-19(27)15-4-2-3-5-16(15)21/h2-9H,10-12H2,1H3,(H,22,27)(H,23,25,26). The van der Waals surface area contributed by atoms with Crippen LogP contribution in [-0.4, -0.2) is 34.3 Å². The summed E-state index contributed by atoms with van der Waals surface area (Å²) < 4.78 is 0. The molecule has 0 aliphatic heterocycles. The van der Waals surface area contributed by atoms with Crippen LogP contribution in [0.4, 0.5) is 5.13 Å². The lowest BCUT2D eigenvalue weighted by Crippen LogP contribution is -2.25. The zero-order valence-electron chi connectivity index (χ0n) is 15.6. The van der Waals surface area contributed by atoms with Crippen LogP contribution in [0.25, 0.3) is 0 Å². The van der Waals surface area contributed by atoms with Crippen LogP contribution in [0, 0.1) is 6.92 Å². The van der Waals surface area contributed by atoms with Crippen molar-refractivity contribution in [2.24, 2.45) is 0 Å². The summed E-state index contributed by atoms with van der Waals surface area (Å²) in [6, 6.07) is 14.9. The third kappa shape index (κ3) is 6.56. The summed E-state index contributed by atoms with van der Waals surface area (Å²) in [5, 5.41) is 15.2. The lowest BCUT2D eigenvalue weighted by atomic mass is 10.2.